The molecule has 2 rings (SSSR count). The first-order valence-electron chi connectivity index (χ1n) is 5.88. The van der Waals surface area contributed by atoms with Crippen molar-refractivity contribution in [1.82, 2.24) is 4.98 Å². The number of hydrogen-bond acceptors (Lipinski definition) is 4. The van der Waals surface area contributed by atoms with Crippen LogP contribution in [-0.2, 0) is 0 Å². The molecule has 1 aliphatic rings. The van der Waals surface area contributed by atoms with Crippen molar-refractivity contribution in [3.63, 3.8) is 0 Å². The van der Waals surface area contributed by atoms with Crippen LogP contribution in [0.5, 0.6) is 0 Å². The monoisotopic (exact) mass is 238 g/mol. The van der Waals surface area contributed by atoms with E-state index in [0.29, 0.717) is 17.8 Å². The van der Waals surface area contributed by atoms with Gasteiger partial charge in [0.25, 0.3) is 0 Å². The Hall–Kier alpha value is -0.900. The van der Waals surface area contributed by atoms with Crippen LogP contribution in [0.1, 0.15) is 50.5 Å². The molecule has 0 aromatic carbocycles. The van der Waals surface area contributed by atoms with E-state index < -0.39 is 0 Å². The largest absolute Gasteiger partial charge is 0.342 e. The fourth-order valence-corrected chi connectivity index (χ4v) is 3.40. The molecule has 0 spiro atoms. The Labute approximate surface area is 100 Å². The average molecular weight is 238 g/mol. The van der Waals surface area contributed by atoms with Gasteiger partial charge in [-0.1, -0.05) is 6.92 Å². The SMILES string of the molecule is CCC1CCC(C)N1c1nc(C(C)=O)cs1. The predicted molar refractivity (Wildman–Crippen MR) is 67.4 cm³/mol. The minimum absolute atomic E-state index is 0.0578. The summed E-state index contributed by atoms with van der Waals surface area (Å²) in [5, 5.41) is 2.89. The van der Waals surface area contributed by atoms with Gasteiger partial charge in [-0.3, -0.25) is 4.79 Å². The normalized spacial score (nSPS) is 25.1. The Kier molecular flexibility index (Phi) is 3.28. The molecule has 2 unspecified atom stereocenters. The van der Waals surface area contributed by atoms with E-state index in [1.54, 1.807) is 18.3 Å². The Bertz CT molecular complexity index is 388. The van der Waals surface area contributed by atoms with Gasteiger partial charge in [-0.2, -0.15) is 0 Å². The second-order valence-electron chi connectivity index (χ2n) is 4.47. The third kappa shape index (κ3) is 1.98. The van der Waals surface area contributed by atoms with Crippen molar-refractivity contribution in [2.45, 2.75) is 52.1 Å². The summed E-state index contributed by atoms with van der Waals surface area (Å²) < 4.78 is 0. The number of ketones is 1. The fourth-order valence-electron chi connectivity index (χ4n) is 2.36. The first-order valence-corrected chi connectivity index (χ1v) is 6.76. The summed E-state index contributed by atoms with van der Waals surface area (Å²) in [4.78, 5) is 18.1. The topological polar surface area (TPSA) is 33.2 Å². The van der Waals surface area contributed by atoms with E-state index in [9.17, 15) is 4.79 Å². The van der Waals surface area contributed by atoms with E-state index in [1.165, 1.54) is 12.8 Å². The smallest absolute Gasteiger partial charge is 0.186 e. The van der Waals surface area contributed by atoms with Gasteiger partial charge < -0.3 is 4.90 Å². The third-order valence-electron chi connectivity index (χ3n) is 3.33. The van der Waals surface area contributed by atoms with Gasteiger partial charge in [-0.25, -0.2) is 4.98 Å². The van der Waals surface area contributed by atoms with E-state index in [4.69, 9.17) is 0 Å². The molecule has 2 atom stereocenters. The minimum atomic E-state index is 0.0578. The molecule has 0 N–H and O–H groups in total. The van der Waals surface area contributed by atoms with Gasteiger partial charge in [-0.05, 0) is 26.2 Å². The summed E-state index contributed by atoms with van der Waals surface area (Å²) >= 11 is 1.59. The second-order valence-corrected chi connectivity index (χ2v) is 5.30. The van der Waals surface area contributed by atoms with Gasteiger partial charge >= 0.3 is 0 Å². The third-order valence-corrected chi connectivity index (χ3v) is 4.18. The van der Waals surface area contributed by atoms with Gasteiger partial charge in [0.2, 0.25) is 0 Å². The number of nitrogens with zero attached hydrogens (tertiary/aromatic N) is 2. The first kappa shape index (κ1) is 11.6. The van der Waals surface area contributed by atoms with Crippen LogP contribution in [0.25, 0.3) is 0 Å². The molecule has 0 bridgehead atoms. The van der Waals surface area contributed by atoms with Gasteiger partial charge in [0.1, 0.15) is 5.69 Å². The average Bonchev–Trinajstić information content (AvgIpc) is 2.83. The number of Topliss-reactive ketones (excluding diaryl/α,β-unsaturated/α-hetero) is 1. The summed E-state index contributed by atoms with van der Waals surface area (Å²) in [6.07, 6.45) is 3.62. The lowest BCUT2D eigenvalue weighted by atomic mass is 10.2. The number of hydrogen-bond donors (Lipinski definition) is 0. The van der Waals surface area contributed by atoms with E-state index >= 15 is 0 Å². The molecule has 1 aliphatic heterocycles. The lowest BCUT2D eigenvalue weighted by Gasteiger charge is -2.27. The van der Waals surface area contributed by atoms with Crippen LogP contribution < -0.4 is 4.90 Å². The highest BCUT2D eigenvalue weighted by Crippen LogP contribution is 2.33. The predicted octanol–water partition coefficient (Wildman–Crippen LogP) is 3.11. The number of aromatic nitrogens is 1. The lowest BCUT2D eigenvalue weighted by molar-refractivity contribution is 0.101. The van der Waals surface area contributed by atoms with Gasteiger partial charge in [0, 0.05) is 24.4 Å². The maximum absolute atomic E-state index is 11.2. The maximum atomic E-state index is 11.2. The molecule has 0 aliphatic carbocycles. The van der Waals surface area contributed by atoms with E-state index in [-0.39, 0.29) is 5.78 Å². The number of carbonyl (C=O) groups excluding carboxylic acids is 1. The number of carbonyl (C=O) groups is 1. The molecule has 4 heteroatoms. The molecule has 1 aromatic rings. The van der Waals surface area contributed by atoms with Crippen LogP contribution in [0, 0.1) is 0 Å². The zero-order valence-corrected chi connectivity index (χ0v) is 10.9. The molecule has 3 nitrogen and oxygen atoms in total. The zero-order valence-electron chi connectivity index (χ0n) is 10.1. The van der Waals surface area contributed by atoms with Crippen LogP contribution >= 0.6 is 11.3 Å². The Morgan fingerprint density at radius 1 is 1.62 bits per heavy atom. The second kappa shape index (κ2) is 4.53. The van der Waals surface area contributed by atoms with Crippen molar-refractivity contribution in [3.05, 3.63) is 11.1 Å². The summed E-state index contributed by atoms with van der Waals surface area (Å²) in [5.74, 6) is 0.0578. The van der Waals surface area contributed by atoms with Gasteiger partial charge in [-0.15, -0.1) is 11.3 Å². The molecule has 88 valence electrons. The molecule has 2 heterocycles. The summed E-state index contributed by atoms with van der Waals surface area (Å²) in [5.41, 5.74) is 0.606. The first-order chi connectivity index (χ1) is 7.63. The maximum Gasteiger partial charge on any atom is 0.186 e. The molecular weight excluding hydrogens is 220 g/mol. The molecule has 1 saturated heterocycles. The molecule has 0 amide bonds. The van der Waals surface area contributed by atoms with Gasteiger partial charge in [0.05, 0.1) is 0 Å². The minimum Gasteiger partial charge on any atom is -0.342 e. The van der Waals surface area contributed by atoms with Crippen LogP contribution in [0.4, 0.5) is 5.13 Å². The van der Waals surface area contributed by atoms with Crippen molar-refractivity contribution in [2.75, 3.05) is 4.90 Å². The van der Waals surface area contributed by atoms with E-state index in [2.05, 4.69) is 23.7 Å². The number of rotatable bonds is 3. The molecule has 0 radical (unpaired) electrons. The molecular formula is C12H18N2OS. The summed E-state index contributed by atoms with van der Waals surface area (Å²) in [6.45, 7) is 6.03. The van der Waals surface area contributed by atoms with Crippen molar-refractivity contribution >= 4 is 22.3 Å². The quantitative estimate of drug-likeness (QED) is 0.759. The van der Waals surface area contributed by atoms with E-state index in [0.717, 1.165) is 11.6 Å². The fraction of sp³-hybridized carbons (Fsp3) is 0.667. The number of anilines is 1. The molecule has 1 aromatic heterocycles. The molecule has 1 fully saturated rings. The number of thiazole rings is 1. The Balaban J connectivity index is 2.24. The van der Waals surface area contributed by atoms with Crippen LogP contribution in [-0.4, -0.2) is 22.9 Å². The highest BCUT2D eigenvalue weighted by atomic mass is 32.1. The highest BCUT2D eigenvalue weighted by Gasteiger charge is 2.31. The van der Waals surface area contributed by atoms with Crippen LogP contribution in [0.2, 0.25) is 0 Å². The Morgan fingerprint density at radius 2 is 2.38 bits per heavy atom. The van der Waals surface area contributed by atoms with E-state index in [1.807, 2.05) is 5.38 Å². The zero-order chi connectivity index (χ0) is 11.7. The van der Waals surface area contributed by atoms with Crippen molar-refractivity contribution in [1.29, 1.82) is 0 Å². The molecule has 16 heavy (non-hydrogen) atoms. The van der Waals surface area contributed by atoms with Gasteiger partial charge in [0.15, 0.2) is 10.9 Å². The summed E-state index contributed by atoms with van der Waals surface area (Å²) in [7, 11) is 0. The standard InChI is InChI=1S/C12H18N2OS/c1-4-10-6-5-8(2)14(10)12-13-11(7-16-12)9(3)15/h7-8,10H,4-6H2,1-3H3. The summed E-state index contributed by atoms with van der Waals surface area (Å²) in [6, 6.07) is 1.15. The van der Waals surface area contributed by atoms with Crippen molar-refractivity contribution in [3.8, 4) is 0 Å². The van der Waals surface area contributed by atoms with Crippen molar-refractivity contribution in [2.24, 2.45) is 0 Å². The van der Waals surface area contributed by atoms with Crippen molar-refractivity contribution < 1.29 is 4.79 Å². The highest BCUT2D eigenvalue weighted by molar-refractivity contribution is 7.14. The molecule has 0 saturated carbocycles. The van der Waals surface area contributed by atoms with Crippen LogP contribution in [0.15, 0.2) is 5.38 Å². The Morgan fingerprint density at radius 3 is 2.94 bits per heavy atom. The van der Waals surface area contributed by atoms with Crippen LogP contribution in [0.3, 0.4) is 0 Å². The lowest BCUT2D eigenvalue weighted by Crippen LogP contribution is -2.34.